The summed E-state index contributed by atoms with van der Waals surface area (Å²) >= 11 is 0.420. The molecule has 1 aromatic rings. The highest BCUT2D eigenvalue weighted by Gasteiger charge is 2.35. The number of carbonyl (C=O) groups is 1. The molecule has 1 rings (SSSR count). The van der Waals surface area contributed by atoms with Crippen LogP contribution < -0.4 is 0 Å². The van der Waals surface area contributed by atoms with Crippen molar-refractivity contribution in [3.8, 4) is 0 Å². The summed E-state index contributed by atoms with van der Waals surface area (Å²) in [5.41, 5.74) is 0. The van der Waals surface area contributed by atoms with E-state index in [0.717, 1.165) is 19.0 Å². The Hall–Kier alpha value is -0.910. The zero-order valence-corrected chi connectivity index (χ0v) is 9.62. The summed E-state index contributed by atoms with van der Waals surface area (Å²) in [6.45, 7) is 2.00. The molecular weight excluding hydrogens is 239 g/mol. The van der Waals surface area contributed by atoms with Gasteiger partial charge in [0.25, 0.3) is 0 Å². The van der Waals surface area contributed by atoms with E-state index in [2.05, 4.69) is 4.98 Å². The number of halogens is 3. The number of nitrogens with zero attached hydrogens (tertiary/aromatic N) is 1. The molecule has 0 fully saturated rings. The van der Waals surface area contributed by atoms with Crippen molar-refractivity contribution in [2.45, 2.75) is 38.8 Å². The average molecular weight is 251 g/mol. The number of hydrogen-bond donors (Lipinski definition) is 0. The Kier molecular flexibility index (Phi) is 4.46. The minimum absolute atomic E-state index is 0.100. The zero-order chi connectivity index (χ0) is 12.2. The first-order chi connectivity index (χ1) is 7.45. The van der Waals surface area contributed by atoms with Crippen molar-refractivity contribution in [2.24, 2.45) is 0 Å². The van der Waals surface area contributed by atoms with Gasteiger partial charge in [0.15, 0.2) is 10.8 Å². The zero-order valence-electron chi connectivity index (χ0n) is 8.80. The van der Waals surface area contributed by atoms with E-state index in [-0.39, 0.29) is 10.7 Å². The fourth-order valence-corrected chi connectivity index (χ4v) is 1.94. The lowest BCUT2D eigenvalue weighted by atomic mass is 10.1. The number of thiazole rings is 1. The van der Waals surface area contributed by atoms with Gasteiger partial charge in [0, 0.05) is 12.6 Å². The molecule has 0 radical (unpaired) electrons. The maximum atomic E-state index is 12.2. The van der Waals surface area contributed by atoms with Crippen LogP contribution in [0.4, 0.5) is 13.2 Å². The van der Waals surface area contributed by atoms with Crippen molar-refractivity contribution in [3.63, 3.8) is 0 Å². The van der Waals surface area contributed by atoms with Gasteiger partial charge in [0.1, 0.15) is 0 Å². The molecule has 0 saturated heterocycles. The topological polar surface area (TPSA) is 30.0 Å². The van der Waals surface area contributed by atoms with Crippen LogP contribution in [0.5, 0.6) is 0 Å². The van der Waals surface area contributed by atoms with Crippen LogP contribution >= 0.6 is 11.3 Å². The molecule has 16 heavy (non-hydrogen) atoms. The van der Waals surface area contributed by atoms with Gasteiger partial charge in [-0.1, -0.05) is 19.8 Å². The molecule has 6 heteroatoms. The van der Waals surface area contributed by atoms with Gasteiger partial charge in [-0.25, -0.2) is 4.98 Å². The van der Waals surface area contributed by atoms with Crippen LogP contribution in [0.2, 0.25) is 0 Å². The molecular formula is C10H12F3NOS. The van der Waals surface area contributed by atoms with E-state index < -0.39 is 11.2 Å². The van der Waals surface area contributed by atoms with Crippen LogP contribution in [0.1, 0.15) is 47.3 Å². The Morgan fingerprint density at radius 3 is 2.62 bits per heavy atom. The SMILES string of the molecule is CCCCCC(=O)c1cnc(C(F)(F)F)s1. The summed E-state index contributed by atoms with van der Waals surface area (Å²) in [6.07, 6.45) is -0.531. The summed E-state index contributed by atoms with van der Waals surface area (Å²) in [4.78, 5) is 14.8. The second-order valence-corrected chi connectivity index (χ2v) is 4.44. The highest BCUT2D eigenvalue weighted by molar-refractivity contribution is 7.13. The minimum atomic E-state index is -4.45. The van der Waals surface area contributed by atoms with Gasteiger partial charge in [-0.05, 0) is 6.42 Å². The molecule has 0 saturated carbocycles. The monoisotopic (exact) mass is 251 g/mol. The number of hydrogen-bond acceptors (Lipinski definition) is 3. The first-order valence-electron chi connectivity index (χ1n) is 5.01. The second kappa shape index (κ2) is 5.43. The highest BCUT2D eigenvalue weighted by atomic mass is 32.1. The molecule has 1 aromatic heterocycles. The Bertz CT molecular complexity index is 359. The Labute approximate surface area is 95.5 Å². The first-order valence-corrected chi connectivity index (χ1v) is 5.83. The fraction of sp³-hybridized carbons (Fsp3) is 0.600. The number of ketones is 1. The highest BCUT2D eigenvalue weighted by Crippen LogP contribution is 2.32. The molecule has 0 N–H and O–H groups in total. The van der Waals surface area contributed by atoms with Crippen molar-refractivity contribution in [2.75, 3.05) is 0 Å². The summed E-state index contributed by atoms with van der Waals surface area (Å²) in [6, 6.07) is 0. The maximum Gasteiger partial charge on any atom is 0.443 e. The molecule has 0 spiro atoms. The molecule has 0 amide bonds. The van der Waals surface area contributed by atoms with Crippen molar-refractivity contribution < 1.29 is 18.0 Å². The summed E-state index contributed by atoms with van der Waals surface area (Å²) in [7, 11) is 0. The summed E-state index contributed by atoms with van der Waals surface area (Å²) in [5, 5.41) is -0.952. The van der Waals surface area contributed by atoms with Crippen LogP contribution in [0.25, 0.3) is 0 Å². The molecule has 0 unspecified atom stereocenters. The van der Waals surface area contributed by atoms with Crippen LogP contribution in [0.15, 0.2) is 6.20 Å². The van der Waals surface area contributed by atoms with E-state index in [9.17, 15) is 18.0 Å². The molecule has 0 aromatic carbocycles. The lowest BCUT2D eigenvalue weighted by molar-refractivity contribution is -0.137. The Balaban J connectivity index is 2.60. The molecule has 0 aliphatic rings. The van der Waals surface area contributed by atoms with Crippen molar-refractivity contribution in [1.82, 2.24) is 4.98 Å². The Morgan fingerprint density at radius 2 is 2.12 bits per heavy atom. The fourth-order valence-electron chi connectivity index (χ4n) is 1.19. The molecule has 2 nitrogen and oxygen atoms in total. The lowest BCUT2D eigenvalue weighted by Gasteiger charge is -1.99. The van der Waals surface area contributed by atoms with E-state index >= 15 is 0 Å². The molecule has 90 valence electrons. The van der Waals surface area contributed by atoms with Gasteiger partial charge >= 0.3 is 6.18 Å². The number of carbonyl (C=O) groups excluding carboxylic acids is 1. The number of aromatic nitrogens is 1. The number of Topliss-reactive ketones (excluding diaryl/α,β-unsaturated/α-hetero) is 1. The molecule has 0 bridgehead atoms. The number of rotatable bonds is 5. The lowest BCUT2D eigenvalue weighted by Crippen LogP contribution is -2.03. The number of alkyl halides is 3. The van der Waals surface area contributed by atoms with E-state index in [4.69, 9.17) is 0 Å². The van der Waals surface area contributed by atoms with Crippen LogP contribution in [0, 0.1) is 0 Å². The normalized spacial score (nSPS) is 11.8. The average Bonchev–Trinajstić information content (AvgIpc) is 2.66. The Morgan fingerprint density at radius 1 is 1.44 bits per heavy atom. The van der Waals surface area contributed by atoms with Gasteiger partial charge < -0.3 is 0 Å². The number of unbranched alkanes of at least 4 members (excludes halogenated alkanes) is 2. The predicted molar refractivity (Wildman–Crippen MR) is 55.6 cm³/mol. The molecule has 0 atom stereocenters. The molecule has 0 aliphatic heterocycles. The smallest absolute Gasteiger partial charge is 0.293 e. The third kappa shape index (κ3) is 3.59. The van der Waals surface area contributed by atoms with Crippen molar-refractivity contribution in [1.29, 1.82) is 0 Å². The first kappa shape index (κ1) is 13.2. The molecule has 1 heterocycles. The van der Waals surface area contributed by atoms with Crippen molar-refractivity contribution >= 4 is 17.1 Å². The predicted octanol–water partition coefficient (Wildman–Crippen LogP) is 3.92. The van der Waals surface area contributed by atoms with E-state index in [1.54, 1.807) is 0 Å². The largest absolute Gasteiger partial charge is 0.443 e. The summed E-state index contributed by atoms with van der Waals surface area (Å²) in [5.74, 6) is -0.249. The minimum Gasteiger partial charge on any atom is -0.293 e. The van der Waals surface area contributed by atoms with Crippen LogP contribution in [-0.2, 0) is 6.18 Å². The van der Waals surface area contributed by atoms with Crippen molar-refractivity contribution in [3.05, 3.63) is 16.1 Å². The van der Waals surface area contributed by atoms with Crippen LogP contribution in [-0.4, -0.2) is 10.8 Å². The van der Waals surface area contributed by atoms with E-state index in [1.807, 2.05) is 6.92 Å². The third-order valence-corrected chi connectivity index (χ3v) is 3.11. The summed E-state index contributed by atoms with van der Waals surface area (Å²) < 4.78 is 36.6. The standard InChI is InChI=1S/C10H12F3NOS/c1-2-3-4-5-7(15)8-6-14-9(16-8)10(11,12)13/h6H,2-5H2,1H3. The van der Waals surface area contributed by atoms with Crippen LogP contribution in [0.3, 0.4) is 0 Å². The molecule has 0 aliphatic carbocycles. The van der Waals surface area contributed by atoms with Gasteiger partial charge in [-0.15, -0.1) is 11.3 Å². The van der Waals surface area contributed by atoms with Gasteiger partial charge in [0.2, 0.25) is 0 Å². The second-order valence-electron chi connectivity index (χ2n) is 3.41. The third-order valence-electron chi connectivity index (χ3n) is 2.03. The maximum absolute atomic E-state index is 12.2. The quantitative estimate of drug-likeness (QED) is 0.586. The van der Waals surface area contributed by atoms with Gasteiger partial charge in [-0.2, -0.15) is 13.2 Å². The van der Waals surface area contributed by atoms with E-state index in [0.29, 0.717) is 24.2 Å². The van der Waals surface area contributed by atoms with Gasteiger partial charge in [0.05, 0.1) is 4.88 Å². The van der Waals surface area contributed by atoms with E-state index in [1.165, 1.54) is 0 Å². The van der Waals surface area contributed by atoms with Gasteiger partial charge in [-0.3, -0.25) is 4.79 Å².